The first-order valence-electron chi connectivity index (χ1n) is 9.92. The highest BCUT2D eigenvalue weighted by Gasteiger charge is 2.14. The number of halogens is 1. The molecule has 9 heteroatoms. The van der Waals surface area contributed by atoms with E-state index in [2.05, 4.69) is 15.5 Å². The van der Waals surface area contributed by atoms with E-state index in [9.17, 15) is 9.59 Å². The van der Waals surface area contributed by atoms with Gasteiger partial charge in [-0.1, -0.05) is 47.6 Å². The Morgan fingerprint density at radius 3 is 2.64 bits per heavy atom. The molecule has 33 heavy (non-hydrogen) atoms. The zero-order chi connectivity index (χ0) is 23.2. The van der Waals surface area contributed by atoms with Crippen LogP contribution < -0.4 is 15.7 Å². The third-order valence-electron chi connectivity index (χ3n) is 4.69. The van der Waals surface area contributed by atoms with Crippen LogP contribution in [-0.2, 0) is 4.79 Å². The molecule has 1 heterocycles. The molecule has 0 aliphatic carbocycles. The molecule has 1 aromatic heterocycles. The zero-order valence-electron chi connectivity index (χ0n) is 17.6. The molecule has 0 saturated carbocycles. The summed E-state index contributed by atoms with van der Waals surface area (Å²) in [4.78, 5) is 30.2. The van der Waals surface area contributed by atoms with Gasteiger partial charge in [-0.05, 0) is 48.5 Å². The minimum atomic E-state index is -0.337. The summed E-state index contributed by atoms with van der Waals surface area (Å²) in [6.45, 7) is 0. The van der Waals surface area contributed by atoms with Gasteiger partial charge in [0.15, 0.2) is 5.16 Å². The molecular formula is C24H19ClN4O3S. The lowest BCUT2D eigenvalue weighted by Crippen LogP contribution is -2.24. The highest BCUT2D eigenvalue weighted by molar-refractivity contribution is 7.99. The summed E-state index contributed by atoms with van der Waals surface area (Å²) < 4.78 is 6.74. The van der Waals surface area contributed by atoms with Crippen LogP contribution in [0, 0.1) is 0 Å². The fourth-order valence-corrected chi connectivity index (χ4v) is 4.07. The van der Waals surface area contributed by atoms with Gasteiger partial charge in [-0.15, -0.1) is 0 Å². The summed E-state index contributed by atoms with van der Waals surface area (Å²) in [5.41, 5.74) is 4.18. The van der Waals surface area contributed by atoms with E-state index < -0.39 is 0 Å². The summed E-state index contributed by atoms with van der Waals surface area (Å²) in [5.74, 6) is 0.329. The molecule has 0 spiro atoms. The summed E-state index contributed by atoms with van der Waals surface area (Å²) in [5, 5.41) is 5.44. The van der Waals surface area contributed by atoms with E-state index in [1.807, 2.05) is 24.3 Å². The van der Waals surface area contributed by atoms with Crippen molar-refractivity contribution >= 4 is 46.4 Å². The number of hydrazone groups is 1. The third-order valence-corrected chi connectivity index (χ3v) is 5.88. The quantitative estimate of drug-likeness (QED) is 0.185. The number of carbonyl (C=O) groups excluding carboxylic acids is 1. The number of thioether (sulfide) groups is 1. The van der Waals surface area contributed by atoms with Gasteiger partial charge in [0.25, 0.3) is 11.5 Å². The normalized spacial score (nSPS) is 11.1. The highest BCUT2D eigenvalue weighted by atomic mass is 35.5. The second kappa shape index (κ2) is 10.3. The number of hydrogen-bond donors (Lipinski definition) is 1. The Morgan fingerprint density at radius 2 is 1.85 bits per heavy atom. The second-order valence-electron chi connectivity index (χ2n) is 6.85. The smallest absolute Gasteiger partial charge is 0.266 e. The van der Waals surface area contributed by atoms with E-state index in [-0.39, 0.29) is 17.2 Å². The fourth-order valence-electron chi connectivity index (χ4n) is 3.14. The van der Waals surface area contributed by atoms with Crippen LogP contribution in [0.25, 0.3) is 16.6 Å². The minimum Gasteiger partial charge on any atom is -0.496 e. The molecule has 0 aliphatic heterocycles. The molecule has 7 nitrogen and oxygen atoms in total. The Bertz CT molecular complexity index is 1390. The SMILES string of the molecule is COc1ccccc1/C=N/NC(=O)CSc1nc2ccccc2c(=O)n1-c1ccc(Cl)cc1. The van der Waals surface area contributed by atoms with Crippen molar-refractivity contribution in [2.24, 2.45) is 5.10 Å². The van der Waals surface area contributed by atoms with Gasteiger partial charge in [-0.25, -0.2) is 10.4 Å². The molecule has 1 amide bonds. The molecule has 0 radical (unpaired) electrons. The number of carbonyl (C=O) groups is 1. The molecule has 0 aliphatic rings. The van der Waals surface area contributed by atoms with Gasteiger partial charge in [0, 0.05) is 10.6 Å². The number of nitrogens with one attached hydrogen (secondary N) is 1. The molecule has 166 valence electrons. The van der Waals surface area contributed by atoms with E-state index in [1.165, 1.54) is 10.8 Å². The van der Waals surface area contributed by atoms with Crippen LogP contribution in [0.4, 0.5) is 0 Å². The van der Waals surface area contributed by atoms with Crippen molar-refractivity contribution in [3.8, 4) is 11.4 Å². The van der Waals surface area contributed by atoms with Gasteiger partial charge in [-0.3, -0.25) is 14.2 Å². The molecule has 3 aromatic carbocycles. The largest absolute Gasteiger partial charge is 0.496 e. The minimum absolute atomic E-state index is 0.0155. The Morgan fingerprint density at radius 1 is 1.12 bits per heavy atom. The van der Waals surface area contributed by atoms with Crippen LogP contribution in [0.1, 0.15) is 5.56 Å². The summed E-state index contributed by atoms with van der Waals surface area (Å²) in [6, 6.07) is 21.3. The first-order chi connectivity index (χ1) is 16.1. The van der Waals surface area contributed by atoms with Crippen LogP contribution in [0.3, 0.4) is 0 Å². The first-order valence-corrected chi connectivity index (χ1v) is 11.3. The van der Waals surface area contributed by atoms with Gasteiger partial charge in [0.2, 0.25) is 0 Å². The van der Waals surface area contributed by atoms with E-state index in [1.54, 1.807) is 55.6 Å². The maximum atomic E-state index is 13.2. The van der Waals surface area contributed by atoms with Gasteiger partial charge in [-0.2, -0.15) is 5.10 Å². The monoisotopic (exact) mass is 478 g/mol. The maximum Gasteiger partial charge on any atom is 0.266 e. The average molecular weight is 479 g/mol. The predicted octanol–water partition coefficient (Wildman–Crippen LogP) is 4.29. The highest BCUT2D eigenvalue weighted by Crippen LogP contribution is 2.22. The molecule has 0 unspecified atom stereocenters. The molecule has 0 fully saturated rings. The van der Waals surface area contributed by atoms with Gasteiger partial charge in [0.1, 0.15) is 5.75 Å². The van der Waals surface area contributed by atoms with Gasteiger partial charge in [0.05, 0.1) is 35.7 Å². The lowest BCUT2D eigenvalue weighted by atomic mass is 10.2. The molecule has 1 N–H and O–H groups in total. The van der Waals surface area contributed by atoms with Crippen molar-refractivity contribution < 1.29 is 9.53 Å². The Labute approximate surface area is 199 Å². The summed E-state index contributed by atoms with van der Waals surface area (Å²) >= 11 is 7.15. The van der Waals surface area contributed by atoms with E-state index in [4.69, 9.17) is 16.3 Å². The van der Waals surface area contributed by atoms with E-state index in [0.717, 1.165) is 17.3 Å². The van der Waals surface area contributed by atoms with Crippen LogP contribution in [0.2, 0.25) is 5.02 Å². The van der Waals surface area contributed by atoms with E-state index in [0.29, 0.717) is 32.5 Å². The summed E-state index contributed by atoms with van der Waals surface area (Å²) in [7, 11) is 1.57. The van der Waals surface area contributed by atoms with Crippen LogP contribution in [0.5, 0.6) is 5.75 Å². The standard InChI is InChI=1S/C24H19ClN4O3S/c1-32-21-9-5-2-6-16(21)14-26-28-22(30)15-33-24-27-20-8-4-3-7-19(20)23(31)29(24)18-12-10-17(25)11-13-18/h2-14H,15H2,1H3,(H,28,30)/b26-14+. The van der Waals surface area contributed by atoms with Crippen LogP contribution >= 0.6 is 23.4 Å². The molecule has 4 aromatic rings. The van der Waals surface area contributed by atoms with Crippen LogP contribution in [0.15, 0.2) is 87.8 Å². The topological polar surface area (TPSA) is 85.6 Å². The zero-order valence-corrected chi connectivity index (χ0v) is 19.1. The Balaban J connectivity index is 1.56. The summed E-state index contributed by atoms with van der Waals surface area (Å²) in [6.07, 6.45) is 1.51. The number of amides is 1. The van der Waals surface area contributed by atoms with Crippen LogP contribution in [-0.4, -0.2) is 34.5 Å². The van der Waals surface area contributed by atoms with Crippen molar-refractivity contribution in [1.29, 1.82) is 0 Å². The fraction of sp³-hybridized carbons (Fsp3) is 0.0833. The van der Waals surface area contributed by atoms with Crippen molar-refractivity contribution in [3.05, 3.63) is 93.7 Å². The Hall–Kier alpha value is -3.62. The number of methoxy groups -OCH3 is 1. The van der Waals surface area contributed by atoms with Crippen molar-refractivity contribution in [3.63, 3.8) is 0 Å². The molecule has 0 saturated heterocycles. The number of hydrogen-bond acceptors (Lipinski definition) is 6. The number of para-hydroxylation sites is 2. The number of rotatable bonds is 7. The maximum absolute atomic E-state index is 13.2. The average Bonchev–Trinajstić information content (AvgIpc) is 2.84. The van der Waals surface area contributed by atoms with Gasteiger partial charge >= 0.3 is 0 Å². The van der Waals surface area contributed by atoms with Crippen molar-refractivity contribution in [2.45, 2.75) is 5.16 Å². The number of aromatic nitrogens is 2. The predicted molar refractivity (Wildman–Crippen MR) is 132 cm³/mol. The van der Waals surface area contributed by atoms with E-state index >= 15 is 0 Å². The molecule has 0 bridgehead atoms. The molecular weight excluding hydrogens is 460 g/mol. The lowest BCUT2D eigenvalue weighted by Gasteiger charge is -2.13. The number of benzene rings is 3. The van der Waals surface area contributed by atoms with Gasteiger partial charge < -0.3 is 4.74 Å². The first kappa shape index (κ1) is 22.6. The molecule has 4 rings (SSSR count). The molecule has 0 atom stereocenters. The number of nitrogens with zero attached hydrogens (tertiary/aromatic N) is 3. The lowest BCUT2D eigenvalue weighted by molar-refractivity contribution is -0.118. The van der Waals surface area contributed by atoms with Crippen molar-refractivity contribution in [2.75, 3.05) is 12.9 Å². The third kappa shape index (κ3) is 5.24. The number of fused-ring (bicyclic) bond motifs is 1. The number of ether oxygens (including phenoxy) is 1. The van der Waals surface area contributed by atoms with Crippen molar-refractivity contribution in [1.82, 2.24) is 15.0 Å². The second-order valence-corrected chi connectivity index (χ2v) is 8.23. The Kier molecular flexibility index (Phi) is 7.07.